The van der Waals surface area contributed by atoms with Crippen LogP contribution < -0.4 is 0 Å². The van der Waals surface area contributed by atoms with Crippen LogP contribution in [0.2, 0.25) is 0 Å². The monoisotopic (exact) mass is 229 g/mol. The van der Waals surface area contributed by atoms with E-state index in [0.717, 1.165) is 25.9 Å². The summed E-state index contributed by atoms with van der Waals surface area (Å²) in [5, 5.41) is 0. The molecule has 0 N–H and O–H groups in total. The first-order valence-electron chi connectivity index (χ1n) is 5.90. The van der Waals surface area contributed by atoms with Gasteiger partial charge < -0.3 is 9.47 Å². The minimum absolute atomic E-state index is 0.0615. The molecule has 1 atom stereocenters. The van der Waals surface area contributed by atoms with Crippen LogP contribution in [0.4, 0.5) is 0 Å². The van der Waals surface area contributed by atoms with Crippen LogP contribution in [0.25, 0.3) is 0 Å². The smallest absolute Gasteiger partial charge is 0.323 e. The van der Waals surface area contributed by atoms with Crippen LogP contribution in [-0.2, 0) is 14.3 Å². The molecule has 1 rings (SSSR count). The van der Waals surface area contributed by atoms with Gasteiger partial charge >= 0.3 is 5.97 Å². The molecule has 0 aromatic heterocycles. The molecule has 4 heteroatoms. The highest BCUT2D eigenvalue weighted by Gasteiger charge is 2.31. The molecule has 0 spiro atoms. The highest BCUT2D eigenvalue weighted by Crippen LogP contribution is 2.18. The summed E-state index contributed by atoms with van der Waals surface area (Å²) in [4.78, 5) is 13.6. The molecule has 1 unspecified atom stereocenters. The first kappa shape index (κ1) is 13.5. The highest BCUT2D eigenvalue weighted by atomic mass is 16.5. The Labute approximate surface area is 97.9 Å². The van der Waals surface area contributed by atoms with Crippen molar-refractivity contribution in [3.8, 4) is 0 Å². The van der Waals surface area contributed by atoms with Crippen LogP contribution in [0.3, 0.4) is 0 Å². The molecule has 94 valence electrons. The van der Waals surface area contributed by atoms with Crippen molar-refractivity contribution in [1.29, 1.82) is 0 Å². The molecule has 1 heterocycles. The zero-order valence-corrected chi connectivity index (χ0v) is 10.8. The van der Waals surface area contributed by atoms with Gasteiger partial charge in [0.2, 0.25) is 0 Å². The van der Waals surface area contributed by atoms with Crippen molar-refractivity contribution in [3.05, 3.63) is 0 Å². The maximum absolute atomic E-state index is 11.5. The number of likely N-dealkylation sites (tertiary alicyclic amines) is 1. The molecule has 0 radical (unpaired) electrons. The second-order valence-electron chi connectivity index (χ2n) is 5.18. The summed E-state index contributed by atoms with van der Waals surface area (Å²) in [5.41, 5.74) is -0.111. The fourth-order valence-electron chi connectivity index (χ4n) is 1.97. The van der Waals surface area contributed by atoms with Crippen molar-refractivity contribution in [3.63, 3.8) is 0 Å². The molecule has 0 aromatic rings. The quantitative estimate of drug-likeness (QED) is 0.684. The third-order valence-electron chi connectivity index (χ3n) is 2.75. The molecule has 0 aromatic carbocycles. The van der Waals surface area contributed by atoms with Gasteiger partial charge in [0, 0.05) is 6.54 Å². The Morgan fingerprint density at radius 3 is 2.69 bits per heavy atom. The van der Waals surface area contributed by atoms with Gasteiger partial charge in [-0.2, -0.15) is 0 Å². The van der Waals surface area contributed by atoms with E-state index in [1.165, 1.54) is 7.11 Å². The molecule has 0 bridgehead atoms. The Kier molecular flexibility index (Phi) is 4.74. The SMILES string of the molecule is COC(=O)C1CCCN1CCOC(C)(C)C. The Balaban J connectivity index is 2.33. The molecule has 0 aliphatic carbocycles. The lowest BCUT2D eigenvalue weighted by molar-refractivity contribution is -0.146. The fraction of sp³-hybridized carbons (Fsp3) is 0.917. The van der Waals surface area contributed by atoms with Crippen molar-refractivity contribution < 1.29 is 14.3 Å². The van der Waals surface area contributed by atoms with Gasteiger partial charge in [0.05, 0.1) is 19.3 Å². The molecule has 1 fully saturated rings. The highest BCUT2D eigenvalue weighted by molar-refractivity contribution is 5.75. The predicted molar refractivity (Wildman–Crippen MR) is 62.3 cm³/mol. The van der Waals surface area contributed by atoms with Crippen molar-refractivity contribution in [2.75, 3.05) is 26.8 Å². The standard InChI is InChI=1S/C12H23NO3/c1-12(2,3)16-9-8-13-7-5-6-10(13)11(14)15-4/h10H,5-9H2,1-4H3. The van der Waals surface area contributed by atoms with E-state index in [1.807, 2.05) is 20.8 Å². The number of esters is 1. The third-order valence-corrected chi connectivity index (χ3v) is 2.75. The summed E-state index contributed by atoms with van der Waals surface area (Å²) < 4.78 is 10.4. The van der Waals surface area contributed by atoms with Crippen LogP contribution in [0, 0.1) is 0 Å². The number of ether oxygens (including phenoxy) is 2. The summed E-state index contributed by atoms with van der Waals surface area (Å²) >= 11 is 0. The van der Waals surface area contributed by atoms with Gasteiger partial charge in [-0.05, 0) is 40.2 Å². The summed E-state index contributed by atoms with van der Waals surface area (Å²) in [6.45, 7) is 8.54. The molecule has 4 nitrogen and oxygen atoms in total. The molecular formula is C12H23NO3. The van der Waals surface area contributed by atoms with Crippen molar-refractivity contribution in [1.82, 2.24) is 4.90 Å². The summed E-state index contributed by atoms with van der Waals surface area (Å²) in [6, 6.07) is -0.0615. The van der Waals surface area contributed by atoms with Crippen LogP contribution in [0.5, 0.6) is 0 Å². The topological polar surface area (TPSA) is 38.8 Å². The van der Waals surface area contributed by atoms with Crippen LogP contribution in [0.15, 0.2) is 0 Å². The van der Waals surface area contributed by atoms with E-state index in [2.05, 4.69) is 4.90 Å². The van der Waals surface area contributed by atoms with E-state index in [4.69, 9.17) is 9.47 Å². The van der Waals surface area contributed by atoms with Gasteiger partial charge in [-0.15, -0.1) is 0 Å². The zero-order valence-electron chi connectivity index (χ0n) is 10.8. The average molecular weight is 229 g/mol. The summed E-state index contributed by atoms with van der Waals surface area (Å²) in [5.74, 6) is -0.117. The van der Waals surface area contributed by atoms with Crippen LogP contribution in [0.1, 0.15) is 33.6 Å². The van der Waals surface area contributed by atoms with E-state index in [9.17, 15) is 4.79 Å². The maximum Gasteiger partial charge on any atom is 0.323 e. The molecule has 1 aliphatic heterocycles. The predicted octanol–water partition coefficient (Wildman–Crippen LogP) is 1.44. The van der Waals surface area contributed by atoms with E-state index in [1.54, 1.807) is 0 Å². The summed E-state index contributed by atoms with van der Waals surface area (Å²) in [6.07, 6.45) is 1.97. The Morgan fingerprint density at radius 1 is 1.44 bits per heavy atom. The van der Waals surface area contributed by atoms with Crippen molar-refractivity contribution >= 4 is 5.97 Å². The lowest BCUT2D eigenvalue weighted by Crippen LogP contribution is -2.39. The minimum Gasteiger partial charge on any atom is -0.468 e. The number of hydrogen-bond acceptors (Lipinski definition) is 4. The van der Waals surface area contributed by atoms with Gasteiger partial charge in [0.15, 0.2) is 0 Å². The van der Waals surface area contributed by atoms with E-state index in [-0.39, 0.29) is 17.6 Å². The Morgan fingerprint density at radius 2 is 2.12 bits per heavy atom. The second-order valence-corrected chi connectivity index (χ2v) is 5.18. The summed E-state index contributed by atoms with van der Waals surface area (Å²) in [7, 11) is 1.45. The Bertz CT molecular complexity index is 235. The van der Waals surface area contributed by atoms with Crippen LogP contribution >= 0.6 is 0 Å². The van der Waals surface area contributed by atoms with Gasteiger partial charge in [-0.25, -0.2) is 0 Å². The van der Waals surface area contributed by atoms with E-state index in [0.29, 0.717) is 6.61 Å². The van der Waals surface area contributed by atoms with Crippen molar-refractivity contribution in [2.45, 2.75) is 45.3 Å². The van der Waals surface area contributed by atoms with E-state index >= 15 is 0 Å². The van der Waals surface area contributed by atoms with Gasteiger partial charge in [0.25, 0.3) is 0 Å². The molecule has 16 heavy (non-hydrogen) atoms. The maximum atomic E-state index is 11.5. The first-order chi connectivity index (χ1) is 7.44. The van der Waals surface area contributed by atoms with Gasteiger partial charge in [-0.3, -0.25) is 9.69 Å². The lowest BCUT2D eigenvalue weighted by atomic mass is 10.2. The largest absolute Gasteiger partial charge is 0.468 e. The number of carbonyl (C=O) groups excluding carboxylic acids is 1. The number of nitrogens with zero attached hydrogens (tertiary/aromatic N) is 1. The van der Waals surface area contributed by atoms with Crippen LogP contribution in [-0.4, -0.2) is 49.3 Å². The average Bonchev–Trinajstić information content (AvgIpc) is 2.63. The number of carbonyl (C=O) groups is 1. The van der Waals surface area contributed by atoms with Gasteiger partial charge in [0.1, 0.15) is 6.04 Å². The van der Waals surface area contributed by atoms with E-state index < -0.39 is 0 Å². The third kappa shape index (κ3) is 4.10. The normalized spacial score (nSPS) is 22.4. The molecule has 1 aliphatic rings. The minimum atomic E-state index is -0.117. The fourth-order valence-corrected chi connectivity index (χ4v) is 1.97. The van der Waals surface area contributed by atoms with Crippen molar-refractivity contribution in [2.24, 2.45) is 0 Å². The molecule has 0 amide bonds. The Hall–Kier alpha value is -0.610. The first-order valence-corrected chi connectivity index (χ1v) is 5.90. The molecule has 0 saturated carbocycles. The lowest BCUT2D eigenvalue weighted by Gasteiger charge is -2.25. The second kappa shape index (κ2) is 5.64. The van der Waals surface area contributed by atoms with Gasteiger partial charge in [-0.1, -0.05) is 0 Å². The molecule has 1 saturated heterocycles. The number of rotatable bonds is 4. The number of hydrogen-bond donors (Lipinski definition) is 0. The number of methoxy groups -OCH3 is 1. The zero-order chi connectivity index (χ0) is 12.2. The molecular weight excluding hydrogens is 206 g/mol.